The third kappa shape index (κ3) is 16.0. The minimum absolute atomic E-state index is 0.171. The van der Waals surface area contributed by atoms with Crippen LogP contribution in [0.2, 0.25) is 0 Å². The van der Waals surface area contributed by atoms with Gasteiger partial charge in [0, 0.05) is 22.3 Å². The summed E-state index contributed by atoms with van der Waals surface area (Å²) in [4.78, 5) is 62.4. The van der Waals surface area contributed by atoms with Crippen molar-refractivity contribution in [1.29, 1.82) is 0 Å². The van der Waals surface area contributed by atoms with Crippen molar-refractivity contribution in [3.63, 3.8) is 0 Å². The predicted octanol–water partition coefficient (Wildman–Crippen LogP) is 7.40. The van der Waals surface area contributed by atoms with Crippen molar-refractivity contribution in [1.82, 2.24) is 0 Å². The first-order valence-corrected chi connectivity index (χ1v) is 16.1. The first-order valence-electron chi connectivity index (χ1n) is 14.3. The molecule has 3 rings (SSSR count). The van der Waals surface area contributed by atoms with Crippen LogP contribution < -0.4 is 5.32 Å². The van der Waals surface area contributed by atoms with E-state index in [1.807, 2.05) is 0 Å². The number of hydrogen-bond donors (Lipinski definition) is 5. The molecule has 2 aromatic carbocycles. The van der Waals surface area contributed by atoms with Crippen molar-refractivity contribution in [2.24, 2.45) is 0 Å². The molecule has 1 heterocycles. The largest absolute Gasteiger partial charge is 0.481 e. The summed E-state index contributed by atoms with van der Waals surface area (Å²) in [7, 11) is 0. The van der Waals surface area contributed by atoms with Crippen LogP contribution in [-0.4, -0.2) is 65.9 Å². The average Bonchev–Trinajstić information content (AvgIpc) is 3.44. The highest BCUT2D eigenvalue weighted by Gasteiger charge is 2.31. The molecule has 0 radical (unpaired) electrons. The highest BCUT2D eigenvalue weighted by molar-refractivity contribution is 7.99. The molecule has 0 bridgehead atoms. The standard InChI is InChI=1S/C13H18O2S.C10H6F4O2.C8H7N3O8S/c1-13(2,3)10-4-6-11(7-5-10)16-9-8-12(14)15;11-8-5-7(10(12,13)14)3-1-6(8)2-4-9(15)16;12-6(13)1-3(8(14)15)9-7-4(10(16)17)2-5(20-7)11(18)19/h4-7H,8-9H2,1-3H3,(H,14,15);1-5H,(H,15,16);2-3,9H,1H2,(H,12,13)(H,14,15). The van der Waals surface area contributed by atoms with Crippen LogP contribution in [0.5, 0.6) is 0 Å². The number of nitrogens with one attached hydrogen (secondary N) is 1. The molecular formula is C31H31F4N3O12S2. The van der Waals surface area contributed by atoms with Crippen molar-refractivity contribution in [3.05, 3.63) is 97.3 Å². The van der Waals surface area contributed by atoms with Crippen molar-refractivity contribution < 1.29 is 67.0 Å². The summed E-state index contributed by atoms with van der Waals surface area (Å²) in [6, 6.07) is 9.27. The smallest absolute Gasteiger partial charge is 0.416 e. The second-order valence-electron chi connectivity index (χ2n) is 11.1. The summed E-state index contributed by atoms with van der Waals surface area (Å²) in [5.74, 6) is -5.51. The van der Waals surface area contributed by atoms with Gasteiger partial charge in [-0.05, 0) is 52.7 Å². The van der Waals surface area contributed by atoms with Crippen molar-refractivity contribution >= 4 is 68.7 Å². The van der Waals surface area contributed by atoms with Gasteiger partial charge in [-0.3, -0.25) is 29.8 Å². The Kier molecular flexibility index (Phi) is 16.9. The molecule has 282 valence electrons. The lowest BCUT2D eigenvalue weighted by Gasteiger charge is -2.18. The van der Waals surface area contributed by atoms with Crippen molar-refractivity contribution in [3.8, 4) is 0 Å². The number of thioether (sulfide) groups is 1. The fourth-order valence-electron chi connectivity index (χ4n) is 3.54. The van der Waals surface area contributed by atoms with E-state index in [9.17, 15) is 57.0 Å². The van der Waals surface area contributed by atoms with Gasteiger partial charge in [0.15, 0.2) is 5.00 Å². The van der Waals surface area contributed by atoms with Crippen LogP contribution in [-0.2, 0) is 30.8 Å². The minimum atomic E-state index is -4.62. The van der Waals surface area contributed by atoms with Crippen LogP contribution >= 0.6 is 23.1 Å². The summed E-state index contributed by atoms with van der Waals surface area (Å²) in [5, 5.41) is 56.6. The van der Waals surface area contributed by atoms with Gasteiger partial charge in [-0.2, -0.15) is 13.2 Å². The number of thiophene rings is 1. The van der Waals surface area contributed by atoms with Crippen LogP contribution in [0.15, 0.2) is 59.5 Å². The molecule has 0 saturated carbocycles. The maximum absolute atomic E-state index is 13.1. The molecule has 0 fully saturated rings. The van der Waals surface area contributed by atoms with E-state index in [2.05, 4.69) is 50.4 Å². The number of alkyl halides is 3. The first-order chi connectivity index (χ1) is 23.9. The number of hydrogen-bond acceptors (Lipinski definition) is 11. The maximum Gasteiger partial charge on any atom is 0.416 e. The van der Waals surface area contributed by atoms with E-state index in [0.29, 0.717) is 41.4 Å². The van der Waals surface area contributed by atoms with Gasteiger partial charge < -0.3 is 25.7 Å². The molecule has 0 spiro atoms. The fourth-order valence-corrected chi connectivity index (χ4v) is 5.27. The predicted molar refractivity (Wildman–Crippen MR) is 181 cm³/mol. The third-order valence-electron chi connectivity index (χ3n) is 6.10. The second kappa shape index (κ2) is 19.7. The molecule has 52 heavy (non-hydrogen) atoms. The lowest BCUT2D eigenvalue weighted by atomic mass is 9.87. The number of halogens is 4. The molecule has 0 aliphatic heterocycles. The van der Waals surface area contributed by atoms with Crippen LogP contribution in [0.25, 0.3) is 6.08 Å². The molecule has 1 atom stereocenters. The molecule has 21 heteroatoms. The SMILES string of the molecule is CC(C)(C)c1ccc(SCCC(=O)O)cc1.O=C(O)C=Cc1ccc(C(F)(F)F)cc1F.O=C(O)CC(Nc1sc([N+](=O)[O-])cc1[N+](=O)[O-])C(=O)O. The Balaban J connectivity index is 0.000000394. The highest BCUT2D eigenvalue weighted by atomic mass is 32.2. The Bertz CT molecular complexity index is 1790. The van der Waals surface area contributed by atoms with Gasteiger partial charge >= 0.3 is 40.7 Å². The molecule has 1 unspecified atom stereocenters. The number of benzene rings is 2. The van der Waals surface area contributed by atoms with E-state index in [1.54, 1.807) is 11.8 Å². The van der Waals surface area contributed by atoms with Crippen molar-refractivity contribution in [2.75, 3.05) is 11.1 Å². The summed E-state index contributed by atoms with van der Waals surface area (Å²) in [5.41, 5.74) is -0.536. The minimum Gasteiger partial charge on any atom is -0.481 e. The Morgan fingerprint density at radius 3 is 1.90 bits per heavy atom. The van der Waals surface area contributed by atoms with Gasteiger partial charge in [-0.1, -0.05) is 39.0 Å². The zero-order valence-electron chi connectivity index (χ0n) is 27.2. The van der Waals surface area contributed by atoms with Gasteiger partial charge in [-0.15, -0.1) is 11.8 Å². The number of carbonyl (C=O) groups is 4. The van der Waals surface area contributed by atoms with E-state index >= 15 is 0 Å². The van der Waals surface area contributed by atoms with E-state index in [4.69, 9.17) is 20.4 Å². The number of anilines is 1. The van der Waals surface area contributed by atoms with E-state index in [1.165, 1.54) is 5.56 Å². The monoisotopic (exact) mass is 777 g/mol. The Morgan fingerprint density at radius 1 is 0.904 bits per heavy atom. The molecule has 5 N–H and O–H groups in total. The van der Waals surface area contributed by atoms with Gasteiger partial charge in [-0.25, -0.2) is 14.0 Å². The first kappa shape index (κ1) is 44.5. The number of nitrogens with zero attached hydrogens (tertiary/aromatic N) is 2. The lowest BCUT2D eigenvalue weighted by molar-refractivity contribution is -0.389. The van der Waals surface area contributed by atoms with E-state index in [-0.39, 0.29) is 22.4 Å². The van der Waals surface area contributed by atoms with Gasteiger partial charge in [0.1, 0.15) is 17.9 Å². The summed E-state index contributed by atoms with van der Waals surface area (Å²) >= 11 is 1.95. The van der Waals surface area contributed by atoms with E-state index in [0.717, 1.165) is 17.0 Å². The van der Waals surface area contributed by atoms with E-state index < -0.39 is 74.4 Å². The number of aliphatic carboxylic acids is 4. The molecule has 0 amide bonds. The summed E-state index contributed by atoms with van der Waals surface area (Å²) in [6.45, 7) is 6.54. The molecule has 3 aromatic rings. The van der Waals surface area contributed by atoms with Crippen LogP contribution in [0.4, 0.5) is 33.3 Å². The molecule has 0 aliphatic rings. The average molecular weight is 778 g/mol. The zero-order valence-corrected chi connectivity index (χ0v) is 28.9. The van der Waals surface area contributed by atoms with Gasteiger partial charge in [0.05, 0.1) is 28.3 Å². The topological polar surface area (TPSA) is 248 Å². The van der Waals surface area contributed by atoms with Gasteiger partial charge in [0.25, 0.3) is 0 Å². The van der Waals surface area contributed by atoms with Crippen molar-refractivity contribution in [2.45, 2.75) is 56.1 Å². The zero-order chi connectivity index (χ0) is 40.0. The van der Waals surface area contributed by atoms with Crippen LogP contribution in [0.1, 0.15) is 50.3 Å². The number of carboxylic acids is 4. The maximum atomic E-state index is 13.1. The third-order valence-corrected chi connectivity index (χ3v) is 8.12. The summed E-state index contributed by atoms with van der Waals surface area (Å²) in [6.07, 6.45) is -3.71. The number of carboxylic acid groups (broad SMARTS) is 4. The number of nitro groups is 2. The second-order valence-corrected chi connectivity index (χ2v) is 13.3. The normalized spacial score (nSPS) is 11.7. The fraction of sp³-hybridized carbons (Fsp3) is 0.290. The molecule has 15 nitrogen and oxygen atoms in total. The van der Waals surface area contributed by atoms with Gasteiger partial charge in [0.2, 0.25) is 0 Å². The molecule has 0 aliphatic carbocycles. The number of rotatable bonds is 13. The lowest BCUT2D eigenvalue weighted by Crippen LogP contribution is -2.31. The molecular weight excluding hydrogens is 746 g/mol. The molecule has 0 saturated heterocycles. The molecule has 1 aromatic heterocycles. The summed E-state index contributed by atoms with van der Waals surface area (Å²) < 4.78 is 49.5. The Hall–Kier alpha value is -5.57. The highest BCUT2D eigenvalue weighted by Crippen LogP contribution is 2.39. The van der Waals surface area contributed by atoms with Crippen LogP contribution in [0.3, 0.4) is 0 Å². The Labute approximate surface area is 299 Å². The van der Waals surface area contributed by atoms with Crippen LogP contribution in [0, 0.1) is 26.0 Å². The Morgan fingerprint density at radius 2 is 1.48 bits per heavy atom. The quantitative estimate of drug-likeness (QED) is 0.0373.